The van der Waals surface area contributed by atoms with E-state index in [2.05, 4.69) is 15.9 Å². The van der Waals surface area contributed by atoms with Crippen molar-refractivity contribution in [3.8, 4) is 5.75 Å². The monoisotopic (exact) mass is 268 g/mol. The van der Waals surface area contributed by atoms with Crippen molar-refractivity contribution in [1.82, 2.24) is 0 Å². The highest BCUT2D eigenvalue weighted by Crippen LogP contribution is 2.28. The van der Waals surface area contributed by atoms with Crippen molar-refractivity contribution in [2.75, 3.05) is 12.4 Å². The van der Waals surface area contributed by atoms with E-state index in [1.54, 1.807) is 13.2 Å². The Balaban J connectivity index is 2.60. The molecule has 0 radical (unpaired) electrons. The fourth-order valence-electron chi connectivity index (χ4n) is 1.42. The van der Waals surface area contributed by atoms with Crippen LogP contribution in [-0.2, 0) is 0 Å². The summed E-state index contributed by atoms with van der Waals surface area (Å²) in [7, 11) is 1.59. The highest BCUT2D eigenvalue weighted by Gasteiger charge is 2.12. The summed E-state index contributed by atoms with van der Waals surface area (Å²) in [6, 6.07) is 7.17. The fraction of sp³-hybridized carbons (Fsp3) is 0.182. The molecule has 1 aromatic heterocycles. The number of alkyl halides is 1. The van der Waals surface area contributed by atoms with Gasteiger partial charge in [-0.2, -0.15) is 0 Å². The van der Waals surface area contributed by atoms with E-state index in [1.807, 2.05) is 18.2 Å². The molecule has 1 aromatic carbocycles. The molecule has 0 aliphatic heterocycles. The van der Waals surface area contributed by atoms with Gasteiger partial charge < -0.3 is 9.15 Å². The van der Waals surface area contributed by atoms with E-state index >= 15 is 0 Å². The van der Waals surface area contributed by atoms with Crippen LogP contribution in [0.3, 0.4) is 0 Å². The molecule has 4 heteroatoms. The topological polar surface area (TPSA) is 39.4 Å². The normalized spacial score (nSPS) is 10.5. The van der Waals surface area contributed by atoms with Crippen LogP contribution in [-0.4, -0.2) is 18.2 Å². The number of ketones is 1. The zero-order valence-corrected chi connectivity index (χ0v) is 9.71. The first-order valence-electron chi connectivity index (χ1n) is 4.42. The van der Waals surface area contributed by atoms with Crippen LogP contribution in [0.25, 0.3) is 11.0 Å². The minimum atomic E-state index is -0.0757. The highest BCUT2D eigenvalue weighted by atomic mass is 79.9. The van der Waals surface area contributed by atoms with Gasteiger partial charge in [0.1, 0.15) is 11.3 Å². The van der Waals surface area contributed by atoms with Crippen LogP contribution in [0.15, 0.2) is 28.7 Å². The number of ether oxygens (including phenoxy) is 1. The molecule has 0 unspecified atom stereocenters. The van der Waals surface area contributed by atoms with E-state index in [9.17, 15) is 4.79 Å². The van der Waals surface area contributed by atoms with Gasteiger partial charge in [-0.3, -0.25) is 4.79 Å². The summed E-state index contributed by atoms with van der Waals surface area (Å²) < 4.78 is 10.6. The molecule has 0 N–H and O–H groups in total. The first-order chi connectivity index (χ1) is 7.26. The molecule has 0 saturated heterocycles. The van der Waals surface area contributed by atoms with E-state index in [-0.39, 0.29) is 11.1 Å². The van der Waals surface area contributed by atoms with Gasteiger partial charge in [-0.25, -0.2) is 0 Å². The quantitative estimate of drug-likeness (QED) is 0.635. The Kier molecular flexibility index (Phi) is 2.77. The Bertz CT molecular complexity index is 502. The second kappa shape index (κ2) is 4.06. The van der Waals surface area contributed by atoms with Crippen LogP contribution in [0.4, 0.5) is 0 Å². The molecule has 0 bridgehead atoms. The van der Waals surface area contributed by atoms with Gasteiger partial charge in [-0.15, -0.1) is 0 Å². The van der Waals surface area contributed by atoms with E-state index in [0.29, 0.717) is 17.1 Å². The van der Waals surface area contributed by atoms with Crippen molar-refractivity contribution < 1.29 is 13.9 Å². The highest BCUT2D eigenvalue weighted by molar-refractivity contribution is 9.09. The third kappa shape index (κ3) is 1.77. The van der Waals surface area contributed by atoms with Crippen LogP contribution in [0, 0.1) is 0 Å². The Hall–Kier alpha value is -1.29. The minimum absolute atomic E-state index is 0.0757. The Morgan fingerprint density at radius 1 is 1.53 bits per heavy atom. The predicted octanol–water partition coefficient (Wildman–Crippen LogP) is 3.02. The largest absolute Gasteiger partial charge is 0.496 e. The maximum atomic E-state index is 11.4. The third-order valence-corrected chi connectivity index (χ3v) is 2.65. The van der Waals surface area contributed by atoms with Crippen molar-refractivity contribution in [2.24, 2.45) is 0 Å². The lowest BCUT2D eigenvalue weighted by atomic mass is 10.2. The van der Waals surface area contributed by atoms with E-state index in [4.69, 9.17) is 9.15 Å². The fourth-order valence-corrected chi connectivity index (χ4v) is 1.69. The summed E-state index contributed by atoms with van der Waals surface area (Å²) in [5.74, 6) is 0.990. The zero-order chi connectivity index (χ0) is 10.8. The number of furan rings is 1. The first kappa shape index (κ1) is 10.2. The SMILES string of the molecule is COc1cccc2oc(C(=O)CBr)cc12. The Labute approximate surface area is 95.1 Å². The molecule has 0 saturated carbocycles. The van der Waals surface area contributed by atoms with Gasteiger partial charge in [0.25, 0.3) is 0 Å². The summed E-state index contributed by atoms with van der Waals surface area (Å²) in [5.41, 5.74) is 0.665. The third-order valence-electron chi connectivity index (χ3n) is 2.14. The molecule has 0 spiro atoms. The van der Waals surface area contributed by atoms with Crippen molar-refractivity contribution in [1.29, 1.82) is 0 Å². The summed E-state index contributed by atoms with van der Waals surface area (Å²) in [5, 5.41) is 1.08. The van der Waals surface area contributed by atoms with Crippen LogP contribution in [0.1, 0.15) is 10.6 Å². The maximum absolute atomic E-state index is 11.4. The van der Waals surface area contributed by atoms with Gasteiger partial charge in [0, 0.05) is 0 Å². The van der Waals surface area contributed by atoms with Crippen LogP contribution in [0.2, 0.25) is 0 Å². The molecule has 0 atom stereocenters. The molecular formula is C11H9BrO3. The number of halogens is 1. The molecule has 0 aliphatic rings. The minimum Gasteiger partial charge on any atom is -0.496 e. The molecule has 0 aliphatic carbocycles. The van der Waals surface area contributed by atoms with Crippen molar-refractivity contribution >= 4 is 32.7 Å². The van der Waals surface area contributed by atoms with Crippen LogP contribution in [0.5, 0.6) is 5.75 Å². The number of benzene rings is 1. The first-order valence-corrected chi connectivity index (χ1v) is 5.54. The molecule has 2 rings (SSSR count). The molecule has 1 heterocycles. The number of carbonyl (C=O) groups excluding carboxylic acids is 1. The van der Waals surface area contributed by atoms with Gasteiger partial charge in [0.2, 0.25) is 5.78 Å². The summed E-state index contributed by atoms with van der Waals surface area (Å²) in [6.07, 6.45) is 0. The second-order valence-electron chi connectivity index (χ2n) is 3.04. The standard InChI is InChI=1S/C11H9BrO3/c1-14-9-3-2-4-10-7(9)5-11(15-10)8(13)6-12/h2-5H,6H2,1H3. The lowest BCUT2D eigenvalue weighted by Gasteiger charge is -1.98. The van der Waals surface area contributed by atoms with Gasteiger partial charge in [-0.05, 0) is 18.2 Å². The van der Waals surface area contributed by atoms with Crippen molar-refractivity contribution in [2.45, 2.75) is 0 Å². The summed E-state index contributed by atoms with van der Waals surface area (Å²) in [4.78, 5) is 11.4. The summed E-state index contributed by atoms with van der Waals surface area (Å²) in [6.45, 7) is 0. The average molecular weight is 269 g/mol. The van der Waals surface area contributed by atoms with Crippen LogP contribution >= 0.6 is 15.9 Å². The van der Waals surface area contributed by atoms with Gasteiger partial charge in [0.05, 0.1) is 17.8 Å². The number of methoxy groups -OCH3 is 1. The van der Waals surface area contributed by atoms with Crippen LogP contribution < -0.4 is 4.74 Å². The van der Waals surface area contributed by atoms with E-state index in [0.717, 1.165) is 5.39 Å². The second-order valence-corrected chi connectivity index (χ2v) is 3.60. The summed E-state index contributed by atoms with van der Waals surface area (Å²) >= 11 is 3.10. The lowest BCUT2D eigenvalue weighted by molar-refractivity contribution is 0.0995. The van der Waals surface area contributed by atoms with Gasteiger partial charge in [0.15, 0.2) is 5.76 Å². The number of fused-ring (bicyclic) bond motifs is 1. The van der Waals surface area contributed by atoms with Crippen molar-refractivity contribution in [3.05, 3.63) is 30.0 Å². The van der Waals surface area contributed by atoms with Gasteiger partial charge in [-0.1, -0.05) is 22.0 Å². The number of carbonyl (C=O) groups is 1. The van der Waals surface area contributed by atoms with Gasteiger partial charge >= 0.3 is 0 Å². The Morgan fingerprint density at radius 2 is 2.33 bits per heavy atom. The molecule has 78 valence electrons. The predicted molar refractivity (Wildman–Crippen MR) is 60.9 cm³/mol. The zero-order valence-electron chi connectivity index (χ0n) is 8.12. The molecule has 2 aromatic rings. The average Bonchev–Trinajstić information content (AvgIpc) is 2.71. The smallest absolute Gasteiger partial charge is 0.208 e. The maximum Gasteiger partial charge on any atom is 0.208 e. The molecule has 0 fully saturated rings. The lowest BCUT2D eigenvalue weighted by Crippen LogP contribution is -1.96. The number of hydrogen-bond donors (Lipinski definition) is 0. The van der Waals surface area contributed by atoms with E-state index < -0.39 is 0 Å². The molecule has 0 amide bonds. The number of hydrogen-bond acceptors (Lipinski definition) is 3. The number of rotatable bonds is 3. The molecular weight excluding hydrogens is 260 g/mol. The number of Topliss-reactive ketones (excluding diaryl/α,β-unsaturated/α-hetero) is 1. The molecule has 3 nitrogen and oxygen atoms in total. The van der Waals surface area contributed by atoms with E-state index in [1.165, 1.54) is 0 Å². The Morgan fingerprint density at radius 3 is 3.00 bits per heavy atom. The molecule has 15 heavy (non-hydrogen) atoms. The van der Waals surface area contributed by atoms with Crippen molar-refractivity contribution in [3.63, 3.8) is 0 Å².